The van der Waals surface area contributed by atoms with Gasteiger partial charge in [-0.05, 0) is 18.2 Å². The van der Waals surface area contributed by atoms with E-state index in [0.717, 1.165) is 23.5 Å². The van der Waals surface area contributed by atoms with Crippen LogP contribution in [0.4, 0.5) is 18.3 Å². The van der Waals surface area contributed by atoms with E-state index in [1.165, 1.54) is 24.7 Å². The van der Waals surface area contributed by atoms with Crippen molar-refractivity contribution < 1.29 is 26.3 Å². The Hall–Kier alpha value is -3.09. The molecule has 0 fully saturated rings. The lowest BCUT2D eigenvalue weighted by atomic mass is 10.1. The molecule has 0 radical (unpaired) electrons. The molecule has 2 aromatic carbocycles. The fraction of sp³-hybridized carbons (Fsp3) is 0. The van der Waals surface area contributed by atoms with E-state index >= 15 is 0 Å². The first kappa shape index (κ1) is 21.2. The molecule has 0 saturated carbocycles. The number of hydrogen-bond acceptors (Lipinski definition) is 6. The number of halogens is 4. The Balaban J connectivity index is 1.67. The van der Waals surface area contributed by atoms with Crippen molar-refractivity contribution >= 4 is 38.1 Å². The summed E-state index contributed by atoms with van der Waals surface area (Å²) >= 11 is 6.50. The summed E-state index contributed by atoms with van der Waals surface area (Å²) in [6.45, 7) is 0. The molecule has 7 nitrogen and oxygen atoms in total. The van der Waals surface area contributed by atoms with E-state index in [1.54, 1.807) is 0 Å². The van der Waals surface area contributed by atoms with Crippen LogP contribution in [0.15, 0.2) is 53.8 Å². The fourth-order valence-corrected chi connectivity index (χ4v) is 4.73. The molecule has 13 heteroatoms. The number of nitrogens with zero attached hydrogens (tertiary/aromatic N) is 2. The monoisotopic (exact) mass is 486 g/mol. The van der Waals surface area contributed by atoms with E-state index in [0.29, 0.717) is 17.7 Å². The first-order valence-electron chi connectivity index (χ1n) is 8.33. The second-order valence-corrected chi connectivity index (χ2v) is 9.33. The SMILES string of the molecule is O=S(=O)(Nc1ncc(Cl)s1)c1cc(F)c(Oc2ccc(F)cc2-c2cn[nH]c2)cc1F. The summed E-state index contributed by atoms with van der Waals surface area (Å²) in [4.78, 5) is 2.76. The molecular weight excluding hydrogens is 477 g/mol. The number of sulfonamides is 1. The summed E-state index contributed by atoms with van der Waals surface area (Å²) in [7, 11) is -4.49. The predicted octanol–water partition coefficient (Wildman–Crippen LogP) is 5.20. The number of ether oxygens (including phenoxy) is 1. The lowest BCUT2D eigenvalue weighted by molar-refractivity contribution is 0.432. The van der Waals surface area contributed by atoms with Gasteiger partial charge in [0, 0.05) is 29.5 Å². The highest BCUT2D eigenvalue weighted by Gasteiger charge is 2.24. The molecule has 0 aliphatic heterocycles. The fourth-order valence-electron chi connectivity index (χ4n) is 2.60. The largest absolute Gasteiger partial charge is 0.454 e. The third kappa shape index (κ3) is 4.50. The normalized spacial score (nSPS) is 11.5. The van der Waals surface area contributed by atoms with Crippen LogP contribution in [0.3, 0.4) is 0 Å². The van der Waals surface area contributed by atoms with Crippen molar-refractivity contribution in [2.24, 2.45) is 0 Å². The number of hydrogen-bond donors (Lipinski definition) is 2. The zero-order valence-corrected chi connectivity index (χ0v) is 17.5. The first-order chi connectivity index (χ1) is 14.7. The van der Waals surface area contributed by atoms with Gasteiger partial charge in [0.15, 0.2) is 16.7 Å². The molecule has 0 bridgehead atoms. The van der Waals surface area contributed by atoms with E-state index in [-0.39, 0.29) is 20.8 Å². The maximum atomic E-state index is 14.6. The van der Waals surface area contributed by atoms with Crippen LogP contribution < -0.4 is 9.46 Å². The van der Waals surface area contributed by atoms with Gasteiger partial charge < -0.3 is 4.74 Å². The first-order valence-corrected chi connectivity index (χ1v) is 11.0. The Morgan fingerprint density at radius 1 is 1.06 bits per heavy atom. The third-order valence-corrected chi connectivity index (χ3v) is 6.46. The number of H-pyrrole nitrogens is 1. The topological polar surface area (TPSA) is 97.0 Å². The van der Waals surface area contributed by atoms with Crippen LogP contribution in [0.1, 0.15) is 0 Å². The minimum Gasteiger partial charge on any atom is -0.454 e. The van der Waals surface area contributed by atoms with Crippen molar-refractivity contribution in [2.45, 2.75) is 4.90 Å². The number of benzene rings is 2. The molecule has 160 valence electrons. The Morgan fingerprint density at radius 2 is 1.87 bits per heavy atom. The molecule has 0 saturated heterocycles. The maximum absolute atomic E-state index is 14.6. The van der Waals surface area contributed by atoms with E-state index in [1.807, 2.05) is 4.72 Å². The van der Waals surface area contributed by atoms with Gasteiger partial charge in [-0.15, -0.1) is 0 Å². The van der Waals surface area contributed by atoms with Crippen molar-refractivity contribution in [1.29, 1.82) is 0 Å². The van der Waals surface area contributed by atoms with Gasteiger partial charge in [0.05, 0.1) is 12.4 Å². The second-order valence-electron chi connectivity index (χ2n) is 6.02. The Bertz CT molecular complexity index is 1360. The van der Waals surface area contributed by atoms with Gasteiger partial charge in [0.25, 0.3) is 10.0 Å². The van der Waals surface area contributed by atoms with Crippen LogP contribution >= 0.6 is 22.9 Å². The van der Waals surface area contributed by atoms with Crippen LogP contribution in [-0.2, 0) is 10.0 Å². The second kappa shape index (κ2) is 8.21. The predicted molar refractivity (Wildman–Crippen MR) is 108 cm³/mol. The molecule has 4 rings (SSSR count). The number of aromatic amines is 1. The van der Waals surface area contributed by atoms with E-state index in [4.69, 9.17) is 16.3 Å². The maximum Gasteiger partial charge on any atom is 0.266 e. The lowest BCUT2D eigenvalue weighted by Gasteiger charge is -2.13. The van der Waals surface area contributed by atoms with Gasteiger partial charge in [0.2, 0.25) is 0 Å². The third-order valence-electron chi connectivity index (χ3n) is 3.95. The highest BCUT2D eigenvalue weighted by Crippen LogP contribution is 2.36. The average molecular weight is 487 g/mol. The zero-order chi connectivity index (χ0) is 22.2. The molecule has 2 aromatic heterocycles. The summed E-state index contributed by atoms with van der Waals surface area (Å²) in [6.07, 6.45) is 4.06. The lowest BCUT2D eigenvalue weighted by Crippen LogP contribution is -2.15. The van der Waals surface area contributed by atoms with Crippen LogP contribution in [-0.4, -0.2) is 23.6 Å². The molecule has 0 amide bonds. The quantitative estimate of drug-likeness (QED) is 0.390. The van der Waals surface area contributed by atoms with Crippen molar-refractivity contribution in [3.63, 3.8) is 0 Å². The minimum atomic E-state index is -4.49. The van der Waals surface area contributed by atoms with Crippen LogP contribution in [0.25, 0.3) is 11.1 Å². The Morgan fingerprint density at radius 3 is 2.55 bits per heavy atom. The minimum absolute atomic E-state index is 0.00672. The number of aromatic nitrogens is 3. The van der Waals surface area contributed by atoms with Gasteiger partial charge in [-0.3, -0.25) is 9.82 Å². The van der Waals surface area contributed by atoms with Crippen LogP contribution in [0.2, 0.25) is 4.34 Å². The summed E-state index contributed by atoms with van der Waals surface area (Å²) < 4.78 is 75.4. The number of nitrogens with one attached hydrogen (secondary N) is 2. The summed E-state index contributed by atoms with van der Waals surface area (Å²) in [5.41, 5.74) is 0.674. The molecular formula is C18H10ClF3N4O3S2. The summed E-state index contributed by atoms with van der Waals surface area (Å²) in [5.74, 6) is -3.58. The van der Waals surface area contributed by atoms with E-state index < -0.39 is 38.1 Å². The van der Waals surface area contributed by atoms with Crippen molar-refractivity contribution in [2.75, 3.05) is 4.72 Å². The summed E-state index contributed by atoms with van der Waals surface area (Å²) in [5, 5.41) is 6.21. The molecule has 0 atom stereocenters. The smallest absolute Gasteiger partial charge is 0.266 e. The molecule has 0 spiro atoms. The zero-order valence-electron chi connectivity index (χ0n) is 15.1. The standard InChI is InChI=1S/C18H10ClF3N4O3S2/c19-17-8-23-18(30-17)26-31(27,28)16-5-12(21)15(4-13(16)22)29-14-2-1-10(20)3-11(14)9-6-24-25-7-9/h1-8H,(H,23,26)(H,24,25). The van der Waals surface area contributed by atoms with Gasteiger partial charge in [-0.2, -0.15) is 5.10 Å². The highest BCUT2D eigenvalue weighted by atomic mass is 35.5. The molecule has 2 N–H and O–H groups in total. The average Bonchev–Trinajstić information content (AvgIpc) is 3.37. The van der Waals surface area contributed by atoms with Gasteiger partial charge in [-0.1, -0.05) is 22.9 Å². The van der Waals surface area contributed by atoms with E-state index in [9.17, 15) is 21.6 Å². The summed E-state index contributed by atoms with van der Waals surface area (Å²) in [6, 6.07) is 4.50. The van der Waals surface area contributed by atoms with Crippen molar-refractivity contribution in [3.8, 4) is 22.6 Å². The van der Waals surface area contributed by atoms with E-state index in [2.05, 4.69) is 15.2 Å². The number of rotatable bonds is 6. The van der Waals surface area contributed by atoms with Crippen molar-refractivity contribution in [3.05, 3.63) is 70.7 Å². The molecule has 0 unspecified atom stereocenters. The van der Waals surface area contributed by atoms with Crippen LogP contribution in [0, 0.1) is 17.5 Å². The molecule has 0 aliphatic rings. The number of anilines is 1. The van der Waals surface area contributed by atoms with Gasteiger partial charge in [-0.25, -0.2) is 26.6 Å². The van der Waals surface area contributed by atoms with Gasteiger partial charge >= 0.3 is 0 Å². The molecule has 31 heavy (non-hydrogen) atoms. The Kier molecular flexibility index (Phi) is 5.60. The molecule has 2 heterocycles. The number of thiazole rings is 1. The molecule has 0 aliphatic carbocycles. The molecule has 4 aromatic rings. The Labute approximate surface area is 182 Å². The highest BCUT2D eigenvalue weighted by molar-refractivity contribution is 7.93. The van der Waals surface area contributed by atoms with Gasteiger partial charge in [0.1, 0.15) is 26.6 Å². The van der Waals surface area contributed by atoms with Crippen molar-refractivity contribution in [1.82, 2.24) is 15.2 Å². The van der Waals surface area contributed by atoms with Crippen LogP contribution in [0.5, 0.6) is 11.5 Å².